The summed E-state index contributed by atoms with van der Waals surface area (Å²) in [6, 6.07) is -1.59. The fraction of sp³-hybridized carbons (Fsp3) is 0.761. The SMILES string of the molecule is C#CCOCCOCCOCCNc1nc(N2CCN(C(=O)[C@H](CCCCN)n3cc([C@@H](N)C(C)CC)nn3)CC2)nc(N2CCN(C(=O)[C@H](CCCCN)n3cc([C@@H](N)C(C)CC)nn3)CC2)n1.Cl. The van der Waals surface area contributed by atoms with E-state index in [-0.39, 0.29) is 54.7 Å². The summed E-state index contributed by atoms with van der Waals surface area (Å²) in [4.78, 5) is 51.1. The highest BCUT2D eigenvalue weighted by Gasteiger charge is 2.34. The Morgan fingerprint density at radius 2 is 1.10 bits per heavy atom. The molecule has 0 bridgehead atoms. The average Bonchev–Trinajstić information content (AvgIpc) is 4.08. The molecule has 3 aromatic rings. The van der Waals surface area contributed by atoms with Gasteiger partial charge in [0, 0.05) is 58.9 Å². The number of hydrogen-bond donors (Lipinski definition) is 5. The van der Waals surface area contributed by atoms with E-state index < -0.39 is 12.1 Å². The predicted octanol–water partition coefficient (Wildman–Crippen LogP) is 1.70. The lowest BCUT2D eigenvalue weighted by Gasteiger charge is -2.38. The topological polar surface area (TPSA) is 291 Å². The molecule has 5 rings (SSSR count). The molecule has 5 heterocycles. The molecule has 392 valence electrons. The van der Waals surface area contributed by atoms with Gasteiger partial charge in [-0.1, -0.05) is 56.9 Å². The van der Waals surface area contributed by atoms with Gasteiger partial charge in [-0.3, -0.25) is 9.59 Å². The number of piperazine rings is 2. The van der Waals surface area contributed by atoms with Gasteiger partial charge in [0.2, 0.25) is 29.7 Å². The third-order valence-electron chi connectivity index (χ3n) is 13.1. The van der Waals surface area contributed by atoms with Gasteiger partial charge in [0.25, 0.3) is 0 Å². The summed E-state index contributed by atoms with van der Waals surface area (Å²) in [6.07, 6.45) is 15.0. The second-order valence-corrected chi connectivity index (χ2v) is 18.0. The molecule has 24 heteroatoms. The molecule has 0 aliphatic carbocycles. The second kappa shape index (κ2) is 30.8. The number of rotatable bonds is 31. The van der Waals surface area contributed by atoms with E-state index >= 15 is 0 Å². The first-order valence-electron chi connectivity index (χ1n) is 25.0. The van der Waals surface area contributed by atoms with Gasteiger partial charge in [0.1, 0.15) is 18.7 Å². The van der Waals surface area contributed by atoms with E-state index in [2.05, 4.69) is 69.4 Å². The Bertz CT molecular complexity index is 1890. The van der Waals surface area contributed by atoms with E-state index in [1.54, 1.807) is 9.36 Å². The molecular formula is C46H81ClN18O5. The number of aromatic nitrogens is 9. The van der Waals surface area contributed by atoms with Crippen molar-refractivity contribution in [2.45, 2.75) is 103 Å². The number of unbranched alkanes of at least 4 members (excludes halogenated alkanes) is 2. The molecule has 2 fully saturated rings. The minimum absolute atomic E-state index is 0. The van der Waals surface area contributed by atoms with Crippen LogP contribution in [0.4, 0.5) is 17.8 Å². The summed E-state index contributed by atoms with van der Waals surface area (Å²) < 4.78 is 19.9. The predicted molar refractivity (Wildman–Crippen MR) is 271 cm³/mol. The van der Waals surface area contributed by atoms with Crippen LogP contribution in [0.25, 0.3) is 0 Å². The normalized spacial score (nSPS) is 16.8. The Morgan fingerprint density at radius 1 is 0.671 bits per heavy atom. The van der Waals surface area contributed by atoms with Crippen LogP contribution in [0.15, 0.2) is 12.4 Å². The summed E-state index contributed by atoms with van der Waals surface area (Å²) in [7, 11) is 0. The lowest BCUT2D eigenvalue weighted by atomic mass is 9.98. The minimum Gasteiger partial charge on any atom is -0.377 e. The molecule has 23 nitrogen and oxygen atoms in total. The lowest BCUT2D eigenvalue weighted by Crippen LogP contribution is -2.52. The first-order valence-corrected chi connectivity index (χ1v) is 25.0. The second-order valence-electron chi connectivity index (χ2n) is 18.0. The number of amides is 2. The van der Waals surface area contributed by atoms with Crippen LogP contribution in [-0.4, -0.2) is 178 Å². The van der Waals surface area contributed by atoms with Crippen molar-refractivity contribution in [3.8, 4) is 12.3 Å². The fourth-order valence-corrected chi connectivity index (χ4v) is 8.18. The monoisotopic (exact) mass is 1000 g/mol. The van der Waals surface area contributed by atoms with E-state index in [4.69, 9.17) is 58.5 Å². The molecule has 2 aliphatic heterocycles. The van der Waals surface area contributed by atoms with Crippen LogP contribution in [0, 0.1) is 24.2 Å². The summed E-state index contributed by atoms with van der Waals surface area (Å²) in [5, 5.41) is 20.9. The van der Waals surface area contributed by atoms with Crippen LogP contribution in [0.5, 0.6) is 0 Å². The van der Waals surface area contributed by atoms with Crippen molar-refractivity contribution in [2.24, 2.45) is 34.8 Å². The van der Waals surface area contributed by atoms with Crippen molar-refractivity contribution in [1.82, 2.24) is 54.7 Å². The summed E-state index contributed by atoms with van der Waals surface area (Å²) >= 11 is 0. The molecule has 70 heavy (non-hydrogen) atoms. The lowest BCUT2D eigenvalue weighted by molar-refractivity contribution is -0.136. The number of nitrogens with zero attached hydrogens (tertiary/aromatic N) is 13. The number of carbonyl (C=O) groups is 2. The van der Waals surface area contributed by atoms with E-state index in [1.165, 1.54) is 0 Å². The van der Waals surface area contributed by atoms with Crippen LogP contribution in [0.1, 0.15) is 115 Å². The molecule has 3 aromatic heterocycles. The number of ether oxygens (including phenoxy) is 3. The van der Waals surface area contributed by atoms with Gasteiger partial charge in [0.05, 0.1) is 68.9 Å². The molecule has 0 spiro atoms. The van der Waals surface area contributed by atoms with E-state index in [1.807, 2.05) is 22.2 Å². The summed E-state index contributed by atoms with van der Waals surface area (Å²) in [5.74, 6) is 4.21. The quantitative estimate of drug-likeness (QED) is 0.0453. The van der Waals surface area contributed by atoms with Gasteiger partial charge in [-0.15, -0.1) is 29.0 Å². The van der Waals surface area contributed by atoms with Gasteiger partial charge < -0.3 is 62.1 Å². The van der Waals surface area contributed by atoms with Crippen molar-refractivity contribution in [3.05, 3.63) is 23.8 Å². The highest BCUT2D eigenvalue weighted by Crippen LogP contribution is 2.27. The van der Waals surface area contributed by atoms with Gasteiger partial charge >= 0.3 is 0 Å². The van der Waals surface area contributed by atoms with Gasteiger partial charge in [-0.2, -0.15) is 15.0 Å². The van der Waals surface area contributed by atoms with Crippen LogP contribution in [0.2, 0.25) is 0 Å². The van der Waals surface area contributed by atoms with Crippen LogP contribution < -0.4 is 38.1 Å². The molecule has 9 N–H and O–H groups in total. The Morgan fingerprint density at radius 3 is 1.51 bits per heavy atom. The smallest absolute Gasteiger partial charge is 0.247 e. The van der Waals surface area contributed by atoms with Gasteiger partial charge in [-0.25, -0.2) is 9.36 Å². The molecule has 0 aromatic carbocycles. The number of nitrogens with two attached hydrogens (primary N) is 4. The molecule has 6 atom stereocenters. The third-order valence-corrected chi connectivity index (χ3v) is 13.1. The Balaban J connectivity index is 0.0000107. The number of halogens is 1. The molecule has 0 radical (unpaired) electrons. The number of anilines is 3. The van der Waals surface area contributed by atoms with Gasteiger partial charge in [0.15, 0.2) is 0 Å². The van der Waals surface area contributed by atoms with E-state index in [0.29, 0.717) is 147 Å². The zero-order valence-electron chi connectivity index (χ0n) is 41.9. The minimum atomic E-state index is -0.525. The van der Waals surface area contributed by atoms with Crippen LogP contribution in [-0.2, 0) is 23.8 Å². The molecule has 2 unspecified atom stereocenters. The molecule has 0 saturated carbocycles. The number of terminal acetylenes is 1. The highest BCUT2D eigenvalue weighted by molar-refractivity contribution is 5.85. The van der Waals surface area contributed by atoms with Crippen LogP contribution in [0.3, 0.4) is 0 Å². The maximum absolute atomic E-state index is 14.3. The average molecular weight is 1000 g/mol. The maximum Gasteiger partial charge on any atom is 0.247 e. The molecule has 2 aliphatic rings. The molecule has 2 amide bonds. The zero-order valence-corrected chi connectivity index (χ0v) is 42.8. The molecule has 2 saturated heterocycles. The van der Waals surface area contributed by atoms with Crippen molar-refractivity contribution in [1.29, 1.82) is 0 Å². The largest absolute Gasteiger partial charge is 0.377 e. The number of carbonyl (C=O) groups excluding carboxylic acids is 2. The Labute approximate surface area is 420 Å². The zero-order chi connectivity index (χ0) is 49.5. The number of hydrogen-bond acceptors (Lipinski definition) is 19. The third kappa shape index (κ3) is 16.9. The van der Waals surface area contributed by atoms with Crippen molar-refractivity contribution in [3.63, 3.8) is 0 Å². The van der Waals surface area contributed by atoms with Crippen molar-refractivity contribution in [2.75, 3.05) is 127 Å². The first-order chi connectivity index (χ1) is 33.5. The van der Waals surface area contributed by atoms with E-state index in [9.17, 15) is 9.59 Å². The van der Waals surface area contributed by atoms with Gasteiger partial charge in [-0.05, 0) is 63.5 Å². The van der Waals surface area contributed by atoms with Crippen molar-refractivity contribution >= 4 is 42.1 Å². The fourth-order valence-electron chi connectivity index (χ4n) is 8.18. The maximum atomic E-state index is 14.3. The van der Waals surface area contributed by atoms with E-state index in [0.717, 1.165) is 38.5 Å². The standard InChI is InChI=1S/C46H80N18O5.ClH/c1-6-26-67-28-30-69-31-29-68-27-17-51-44-52-45(61-22-18-59(19-23-61)42(65)38(13-9-11-15-47)63-32-36(55-57-63)40(49)34(4)7-2)54-46(53-44)62-24-20-60(21-25-62)43(66)39(14-10-12-16-48)64-33-37(56-58-64)41(50)35(5)8-3;/h1,32-35,38-41H,7-31,47-50H2,2-5H3,(H,51,52,53,54);1H/t34?,35?,38-,39-,40-,41-;/m0./s1. The Kier molecular flexibility index (Phi) is 25.4. The highest BCUT2D eigenvalue weighted by atomic mass is 35.5. The number of nitrogens with one attached hydrogen (secondary N) is 1. The first kappa shape index (κ1) is 57.8. The summed E-state index contributed by atoms with van der Waals surface area (Å²) in [5.41, 5.74) is 26.0. The Hall–Kier alpha value is -4.80. The van der Waals surface area contributed by atoms with Crippen LogP contribution >= 0.6 is 12.4 Å². The molecular weight excluding hydrogens is 920 g/mol. The summed E-state index contributed by atoms with van der Waals surface area (Å²) in [6.45, 7) is 16.1. The van der Waals surface area contributed by atoms with Crippen molar-refractivity contribution < 1.29 is 23.8 Å².